The van der Waals surface area contributed by atoms with Crippen LogP contribution in [0.25, 0.3) is 32.9 Å². The Morgan fingerprint density at radius 1 is 0.583 bits per heavy atom. The lowest BCUT2D eigenvalue weighted by Crippen LogP contribution is -2.58. The second-order valence-corrected chi connectivity index (χ2v) is 14.7. The van der Waals surface area contributed by atoms with Crippen molar-refractivity contribution in [1.82, 2.24) is 20.4 Å². The molecule has 0 spiro atoms. The van der Waals surface area contributed by atoms with Crippen LogP contribution in [0.15, 0.2) is 102 Å². The maximum atomic E-state index is 10.2. The summed E-state index contributed by atoms with van der Waals surface area (Å²) >= 11 is 3.39. The fourth-order valence-corrected chi connectivity index (χ4v) is 6.91. The molecule has 2 aliphatic rings. The summed E-state index contributed by atoms with van der Waals surface area (Å²) in [6.07, 6.45) is -9.09. The van der Waals surface area contributed by atoms with Crippen LogP contribution in [0.2, 0.25) is 0 Å². The summed E-state index contributed by atoms with van der Waals surface area (Å²) < 4.78 is 11.6. The molecule has 0 saturated carbocycles. The Bertz CT molecular complexity index is 2450. The van der Waals surface area contributed by atoms with E-state index in [1.165, 1.54) is 0 Å². The number of aromatic amines is 2. The number of fused-ring (bicyclic) bond motifs is 2. The second-order valence-electron chi connectivity index (χ2n) is 13.8. The molecule has 4 heterocycles. The van der Waals surface area contributed by atoms with Gasteiger partial charge in [0.05, 0.1) is 47.8 Å². The molecular formula is C42H42BBrN4O12. The Morgan fingerprint density at radius 3 is 1.52 bits per heavy atom. The van der Waals surface area contributed by atoms with E-state index in [4.69, 9.17) is 19.5 Å². The van der Waals surface area contributed by atoms with Gasteiger partial charge in [-0.3, -0.25) is 10.2 Å². The molecule has 10 atom stereocenters. The minimum absolute atomic E-state index is 0.481. The van der Waals surface area contributed by atoms with E-state index in [1.807, 2.05) is 54.6 Å². The normalized spacial score (nSPS) is 26.0. The fourth-order valence-electron chi connectivity index (χ4n) is 6.44. The highest BCUT2D eigenvalue weighted by Crippen LogP contribution is 2.28. The van der Waals surface area contributed by atoms with Crippen LogP contribution in [0.1, 0.15) is 11.1 Å². The molecule has 0 amide bonds. The van der Waals surface area contributed by atoms with Crippen LogP contribution in [0.3, 0.4) is 0 Å². The largest absolute Gasteiger partial charge is 0.488 e. The smallest absolute Gasteiger partial charge is 0.423 e. The predicted octanol–water partition coefficient (Wildman–Crippen LogP) is -0.691. The van der Waals surface area contributed by atoms with Gasteiger partial charge < -0.3 is 60.4 Å². The molecule has 16 nitrogen and oxygen atoms in total. The molecule has 2 aromatic heterocycles. The van der Waals surface area contributed by atoms with Gasteiger partial charge in [0.25, 0.3) is 0 Å². The summed E-state index contributed by atoms with van der Waals surface area (Å²) in [5, 5.41) is 111. The highest BCUT2D eigenvalue weighted by Gasteiger charge is 2.43. The minimum atomic E-state index is -1.45. The van der Waals surface area contributed by atoms with Crippen LogP contribution < -0.4 is 5.46 Å². The number of rotatable bonds is 4. The van der Waals surface area contributed by atoms with Crippen molar-refractivity contribution in [1.29, 1.82) is 0 Å². The van der Waals surface area contributed by atoms with Crippen molar-refractivity contribution in [3.63, 3.8) is 0 Å². The first-order valence-corrected chi connectivity index (χ1v) is 19.4. The lowest BCUT2D eigenvalue weighted by molar-refractivity contribution is -0.214. The zero-order chi connectivity index (χ0) is 42.9. The van der Waals surface area contributed by atoms with Gasteiger partial charge in [-0.25, -0.2) is 0 Å². The number of nitrogens with zero attached hydrogens (tertiary/aromatic N) is 2. The molecule has 12 N–H and O–H groups in total. The molecule has 2 aliphatic heterocycles. The van der Waals surface area contributed by atoms with Gasteiger partial charge >= 0.3 is 7.12 Å². The van der Waals surface area contributed by atoms with Gasteiger partial charge in [-0.05, 0) is 40.9 Å². The zero-order valence-corrected chi connectivity index (χ0v) is 33.1. The first-order chi connectivity index (χ1) is 28.9. The third kappa shape index (κ3) is 10.5. The molecule has 312 valence electrons. The molecule has 8 rings (SSSR count). The third-order valence-corrected chi connectivity index (χ3v) is 10.2. The minimum Gasteiger partial charge on any atom is -0.423 e. The van der Waals surface area contributed by atoms with Crippen molar-refractivity contribution >= 4 is 50.3 Å². The highest BCUT2D eigenvalue weighted by atomic mass is 79.9. The van der Waals surface area contributed by atoms with E-state index in [0.717, 1.165) is 37.4 Å². The van der Waals surface area contributed by atoms with Crippen molar-refractivity contribution in [2.24, 2.45) is 0 Å². The molecule has 2 saturated heterocycles. The van der Waals surface area contributed by atoms with Gasteiger partial charge in [0, 0.05) is 15.2 Å². The Labute approximate surface area is 352 Å². The average Bonchev–Trinajstić information content (AvgIpc) is 3.95. The summed E-state index contributed by atoms with van der Waals surface area (Å²) in [5.74, 6) is 11.4. The Hall–Kier alpha value is -5.00. The van der Waals surface area contributed by atoms with E-state index < -0.39 is 81.4 Å². The molecule has 4 aromatic carbocycles. The Balaban J connectivity index is 0.000000169. The first-order valence-electron chi connectivity index (χ1n) is 18.6. The summed E-state index contributed by atoms with van der Waals surface area (Å²) in [5.41, 5.74) is 5.31. The van der Waals surface area contributed by atoms with Gasteiger partial charge in [-0.15, -0.1) is 0 Å². The number of aromatic nitrogens is 4. The summed E-state index contributed by atoms with van der Waals surface area (Å²) in [7, 11) is -1.34. The molecule has 2 fully saturated rings. The lowest BCUT2D eigenvalue weighted by Gasteiger charge is -2.37. The van der Waals surface area contributed by atoms with Gasteiger partial charge in [0.1, 0.15) is 61.0 Å². The van der Waals surface area contributed by atoms with Crippen LogP contribution in [-0.2, 0) is 9.47 Å². The molecule has 0 aliphatic carbocycles. The van der Waals surface area contributed by atoms with Crippen LogP contribution >= 0.6 is 15.9 Å². The summed E-state index contributed by atoms with van der Waals surface area (Å²) in [6, 6.07) is 26.1. The number of hydrogen-bond donors (Lipinski definition) is 12. The zero-order valence-electron chi connectivity index (χ0n) is 31.6. The van der Waals surface area contributed by atoms with E-state index in [2.05, 4.69) is 60.0 Å². The molecule has 0 unspecified atom stereocenters. The van der Waals surface area contributed by atoms with E-state index in [-0.39, 0.29) is 0 Å². The van der Waals surface area contributed by atoms with Crippen LogP contribution in [-0.4, -0.2) is 153 Å². The van der Waals surface area contributed by atoms with Gasteiger partial charge in [0.2, 0.25) is 0 Å². The standard InChI is InChI=1S/C21H20N2O5.C15H15BrN2O5.C6H7BO2/c24-11-17-20(26)21(27)19(25)16(28-17)7-6-13-8-14(12-4-2-1-3-5-12)9-15-10-22-23-18(13)15;16-9-3-7(12-8(4-9)5-17-18-12)1-2-10-13(20)15(22)14(21)11(6-19)23-10;8-7(9)6-4-2-1-3-5-6/h1-5,8-10,16-17,19-21,24-27H,11H2,(H,22,23);3-5,10-11,13-15,19-22H,6H2,(H,17,18);1-5,8-9H/t16-,17-,19-,20-,21-;10-,11-,13-,14-,15-;/m11./s1. The first kappa shape index (κ1) is 44.6. The van der Waals surface area contributed by atoms with E-state index >= 15 is 0 Å². The van der Waals surface area contributed by atoms with Gasteiger partial charge in [0.15, 0.2) is 0 Å². The number of H-pyrrole nitrogens is 2. The lowest BCUT2D eigenvalue weighted by atomic mass is 9.81. The van der Waals surface area contributed by atoms with Crippen LogP contribution in [0.5, 0.6) is 0 Å². The maximum Gasteiger partial charge on any atom is 0.488 e. The number of aliphatic hydroxyl groups is 8. The second kappa shape index (κ2) is 20.5. The molecule has 6 aromatic rings. The van der Waals surface area contributed by atoms with Crippen molar-refractivity contribution in [3.8, 4) is 34.8 Å². The number of halogens is 1. The van der Waals surface area contributed by atoms with E-state index in [1.54, 1.807) is 42.7 Å². The summed E-state index contributed by atoms with van der Waals surface area (Å²) in [6.45, 7) is -0.970. The Kier molecular flexibility index (Phi) is 15.2. The molecule has 60 heavy (non-hydrogen) atoms. The maximum absolute atomic E-state index is 10.2. The van der Waals surface area contributed by atoms with E-state index in [9.17, 15) is 40.9 Å². The quantitative estimate of drug-likeness (QED) is 0.0772. The Morgan fingerprint density at radius 2 is 1.05 bits per heavy atom. The monoisotopic (exact) mass is 884 g/mol. The number of aliphatic hydroxyl groups excluding tert-OH is 8. The summed E-state index contributed by atoms with van der Waals surface area (Å²) in [4.78, 5) is 0. The number of ether oxygens (including phenoxy) is 2. The number of nitrogens with one attached hydrogen (secondary N) is 2. The average molecular weight is 886 g/mol. The predicted molar refractivity (Wildman–Crippen MR) is 223 cm³/mol. The number of benzene rings is 4. The number of hydrogen-bond acceptors (Lipinski definition) is 14. The SMILES string of the molecule is OB(O)c1ccccc1.OC[C@H]1O[C@H](C#Cc2cc(-c3ccccc3)cc3cn[nH]c23)[C@@H](O)[C@@H](O)[C@@H]1O.OC[C@H]1O[C@H](C#Cc2cc(Br)cc3cn[nH]c23)[C@@H](O)[C@@H](O)[C@@H]1O. The van der Waals surface area contributed by atoms with Crippen LogP contribution in [0, 0.1) is 23.7 Å². The third-order valence-electron chi connectivity index (χ3n) is 9.75. The van der Waals surface area contributed by atoms with Gasteiger partial charge in [-0.2, -0.15) is 10.2 Å². The fraction of sp³-hybridized carbons (Fsp3) is 0.286. The van der Waals surface area contributed by atoms with E-state index in [0.29, 0.717) is 16.6 Å². The van der Waals surface area contributed by atoms with Crippen molar-refractivity contribution in [3.05, 3.63) is 113 Å². The van der Waals surface area contributed by atoms with Crippen molar-refractivity contribution in [2.75, 3.05) is 13.2 Å². The molecular weight excluding hydrogens is 843 g/mol. The molecule has 18 heteroatoms. The van der Waals surface area contributed by atoms with Crippen molar-refractivity contribution in [2.45, 2.75) is 61.0 Å². The molecule has 0 radical (unpaired) electrons. The molecule has 0 bridgehead atoms. The van der Waals surface area contributed by atoms with Crippen LogP contribution in [0.4, 0.5) is 0 Å². The van der Waals surface area contributed by atoms with Gasteiger partial charge in [-0.1, -0.05) is 100 Å². The van der Waals surface area contributed by atoms with Crippen molar-refractivity contribution < 1.29 is 60.4 Å². The topological polar surface area (TPSA) is 278 Å². The highest BCUT2D eigenvalue weighted by molar-refractivity contribution is 9.10.